The summed E-state index contributed by atoms with van der Waals surface area (Å²) in [5, 5.41) is 2.28. The predicted octanol–water partition coefficient (Wildman–Crippen LogP) is 6.39. The van der Waals surface area contributed by atoms with Gasteiger partial charge in [-0.25, -0.2) is 0 Å². The number of nitrogens with zero attached hydrogens (tertiary/aromatic N) is 1. The maximum Gasteiger partial charge on any atom is 0.211 e. The SMILES string of the molecule is CP(=N/C(=C/c1ccccc1)C(=O)c1ccccc1)(c1ccccc1)c1ccccc1. The first-order chi connectivity index (χ1) is 15.2. The number of benzene rings is 4. The summed E-state index contributed by atoms with van der Waals surface area (Å²) >= 11 is 0. The van der Waals surface area contributed by atoms with Crippen LogP contribution in [-0.4, -0.2) is 12.4 Å². The number of rotatable bonds is 6. The summed E-state index contributed by atoms with van der Waals surface area (Å²) in [6.45, 7) is 2.18. The molecule has 0 unspecified atom stereocenters. The van der Waals surface area contributed by atoms with Crippen LogP contribution in [0.3, 0.4) is 0 Å². The average Bonchev–Trinajstić information content (AvgIpc) is 2.85. The monoisotopic (exact) mass is 421 g/mol. The van der Waals surface area contributed by atoms with Crippen LogP contribution in [0.1, 0.15) is 15.9 Å². The quantitative estimate of drug-likeness (QED) is 0.201. The first-order valence-corrected chi connectivity index (χ1v) is 12.4. The molecule has 4 rings (SSSR count). The number of carbonyl (C=O) groups is 1. The Morgan fingerprint density at radius 3 is 1.55 bits per heavy atom. The van der Waals surface area contributed by atoms with Gasteiger partial charge < -0.3 is 0 Å². The molecule has 0 aliphatic heterocycles. The van der Waals surface area contributed by atoms with Crippen molar-refractivity contribution in [3.63, 3.8) is 0 Å². The van der Waals surface area contributed by atoms with Crippen molar-refractivity contribution in [2.75, 3.05) is 6.66 Å². The molecule has 3 heteroatoms. The smallest absolute Gasteiger partial charge is 0.211 e. The highest BCUT2D eigenvalue weighted by molar-refractivity contribution is 7.80. The Morgan fingerprint density at radius 1 is 0.645 bits per heavy atom. The molecule has 0 radical (unpaired) electrons. The fourth-order valence-corrected chi connectivity index (χ4v) is 6.11. The molecular formula is C28H24NOP. The van der Waals surface area contributed by atoms with Crippen LogP contribution >= 0.6 is 7.05 Å². The maximum atomic E-state index is 13.5. The first kappa shape index (κ1) is 20.8. The van der Waals surface area contributed by atoms with Gasteiger partial charge in [-0.05, 0) is 28.9 Å². The van der Waals surface area contributed by atoms with Crippen molar-refractivity contribution in [3.05, 3.63) is 138 Å². The summed E-state index contributed by atoms with van der Waals surface area (Å²) in [5.74, 6) is -0.0671. The average molecular weight is 421 g/mol. The molecule has 0 saturated heterocycles. The van der Waals surface area contributed by atoms with Crippen molar-refractivity contribution in [3.8, 4) is 0 Å². The molecule has 4 aromatic rings. The second-order valence-corrected chi connectivity index (χ2v) is 10.5. The molecule has 152 valence electrons. The van der Waals surface area contributed by atoms with Gasteiger partial charge in [0.15, 0.2) is 0 Å². The molecule has 0 heterocycles. The highest BCUT2D eigenvalue weighted by atomic mass is 31.2. The first-order valence-electron chi connectivity index (χ1n) is 10.2. The number of hydrogen-bond donors (Lipinski definition) is 0. The molecule has 0 aromatic heterocycles. The zero-order valence-electron chi connectivity index (χ0n) is 17.4. The summed E-state index contributed by atoms with van der Waals surface area (Å²) < 4.78 is 5.24. The van der Waals surface area contributed by atoms with Crippen LogP contribution in [0.5, 0.6) is 0 Å². The van der Waals surface area contributed by atoms with E-state index >= 15 is 0 Å². The van der Waals surface area contributed by atoms with Gasteiger partial charge in [-0.2, -0.15) is 0 Å². The summed E-state index contributed by atoms with van der Waals surface area (Å²) in [6.07, 6.45) is 1.90. The fraction of sp³-hybridized carbons (Fsp3) is 0.0357. The topological polar surface area (TPSA) is 29.4 Å². The third-order valence-electron chi connectivity index (χ3n) is 5.20. The minimum atomic E-state index is -2.21. The fourth-order valence-electron chi connectivity index (χ4n) is 3.50. The Morgan fingerprint density at radius 2 is 1.06 bits per heavy atom. The Balaban J connectivity index is 1.96. The molecular weight excluding hydrogens is 397 g/mol. The molecule has 2 nitrogen and oxygen atoms in total. The number of ketones is 1. The van der Waals surface area contributed by atoms with E-state index in [0.29, 0.717) is 11.3 Å². The lowest BCUT2D eigenvalue weighted by molar-refractivity contribution is 0.103. The van der Waals surface area contributed by atoms with E-state index in [0.717, 1.165) is 16.2 Å². The number of carbonyl (C=O) groups excluding carboxylic acids is 1. The summed E-state index contributed by atoms with van der Waals surface area (Å²) in [4.78, 5) is 13.5. The number of hydrogen-bond acceptors (Lipinski definition) is 2. The van der Waals surface area contributed by atoms with Crippen LogP contribution < -0.4 is 10.6 Å². The van der Waals surface area contributed by atoms with Crippen LogP contribution in [0.25, 0.3) is 6.08 Å². The Hall–Kier alpha value is -3.48. The third kappa shape index (κ3) is 4.82. The Kier molecular flexibility index (Phi) is 6.40. The largest absolute Gasteiger partial charge is 0.287 e. The molecule has 0 spiro atoms. The van der Waals surface area contributed by atoms with E-state index in [2.05, 4.69) is 30.9 Å². The van der Waals surface area contributed by atoms with Crippen molar-refractivity contribution in [1.29, 1.82) is 0 Å². The molecule has 0 amide bonds. The molecule has 0 aliphatic carbocycles. The van der Waals surface area contributed by atoms with Crippen LogP contribution in [-0.2, 0) is 0 Å². The zero-order valence-corrected chi connectivity index (χ0v) is 18.3. The van der Waals surface area contributed by atoms with E-state index in [4.69, 9.17) is 4.74 Å². The van der Waals surface area contributed by atoms with Gasteiger partial charge in [-0.1, -0.05) is 121 Å². The molecule has 4 aromatic carbocycles. The number of allylic oxidation sites excluding steroid dienone is 1. The second-order valence-electron chi connectivity index (χ2n) is 7.37. The Bertz CT molecular complexity index is 1190. The van der Waals surface area contributed by atoms with E-state index in [1.807, 2.05) is 103 Å². The second kappa shape index (κ2) is 9.55. The zero-order chi connectivity index (χ0) is 21.5. The van der Waals surface area contributed by atoms with Gasteiger partial charge in [0.2, 0.25) is 5.78 Å². The lowest BCUT2D eigenvalue weighted by Gasteiger charge is -2.22. The highest BCUT2D eigenvalue weighted by Gasteiger charge is 2.22. The summed E-state index contributed by atoms with van der Waals surface area (Å²) in [5.41, 5.74) is 2.07. The van der Waals surface area contributed by atoms with Gasteiger partial charge in [-0.15, -0.1) is 0 Å². The maximum absolute atomic E-state index is 13.5. The lowest BCUT2D eigenvalue weighted by Crippen LogP contribution is -2.16. The Labute approximate surface area is 184 Å². The molecule has 0 fully saturated rings. The van der Waals surface area contributed by atoms with Crippen LogP contribution in [0, 0.1) is 0 Å². The van der Waals surface area contributed by atoms with Crippen LogP contribution in [0.2, 0.25) is 0 Å². The van der Waals surface area contributed by atoms with E-state index in [9.17, 15) is 4.79 Å². The standard InChI is InChI=1S/C28H24NOP/c1-31(25-18-10-4-11-19-25,26-20-12-5-13-21-26)29-27(22-23-14-6-2-7-15-23)28(30)24-16-8-3-9-17-24/h2-22H,1H3/b27-22+. The summed E-state index contributed by atoms with van der Waals surface area (Å²) in [7, 11) is -2.21. The van der Waals surface area contributed by atoms with E-state index in [1.165, 1.54) is 0 Å². The van der Waals surface area contributed by atoms with Crippen LogP contribution in [0.4, 0.5) is 0 Å². The van der Waals surface area contributed by atoms with Gasteiger partial charge in [-0.3, -0.25) is 9.54 Å². The molecule has 0 N–H and O–H groups in total. The van der Waals surface area contributed by atoms with E-state index in [-0.39, 0.29) is 5.78 Å². The van der Waals surface area contributed by atoms with Gasteiger partial charge in [0.05, 0.1) is 0 Å². The van der Waals surface area contributed by atoms with Crippen LogP contribution in [0.15, 0.2) is 132 Å². The van der Waals surface area contributed by atoms with Crippen molar-refractivity contribution in [2.45, 2.75) is 0 Å². The van der Waals surface area contributed by atoms with Gasteiger partial charge in [0.25, 0.3) is 0 Å². The van der Waals surface area contributed by atoms with E-state index in [1.54, 1.807) is 0 Å². The van der Waals surface area contributed by atoms with Crippen molar-refractivity contribution >= 4 is 29.5 Å². The highest BCUT2D eigenvalue weighted by Crippen LogP contribution is 2.45. The molecule has 0 atom stereocenters. The van der Waals surface area contributed by atoms with Crippen molar-refractivity contribution in [1.82, 2.24) is 0 Å². The van der Waals surface area contributed by atoms with E-state index < -0.39 is 7.05 Å². The third-order valence-corrected chi connectivity index (χ3v) is 8.42. The lowest BCUT2D eigenvalue weighted by atomic mass is 10.1. The van der Waals surface area contributed by atoms with Gasteiger partial charge in [0, 0.05) is 12.6 Å². The van der Waals surface area contributed by atoms with Gasteiger partial charge in [0.1, 0.15) is 5.70 Å². The minimum absolute atomic E-state index is 0.0671. The summed E-state index contributed by atoms with van der Waals surface area (Å²) in [6, 6.07) is 39.9. The van der Waals surface area contributed by atoms with Crippen molar-refractivity contribution < 1.29 is 4.79 Å². The van der Waals surface area contributed by atoms with Gasteiger partial charge >= 0.3 is 0 Å². The number of Topliss-reactive ketones (excluding diaryl/α,β-unsaturated/α-hetero) is 1. The molecule has 0 saturated carbocycles. The molecule has 31 heavy (non-hydrogen) atoms. The van der Waals surface area contributed by atoms with Crippen molar-refractivity contribution in [2.24, 2.45) is 4.74 Å². The normalized spacial score (nSPS) is 11.7. The molecule has 0 aliphatic rings. The molecule has 0 bridgehead atoms. The minimum Gasteiger partial charge on any atom is -0.287 e. The predicted molar refractivity (Wildman–Crippen MR) is 133 cm³/mol.